The van der Waals surface area contributed by atoms with E-state index in [1.165, 1.54) is 5.56 Å². The van der Waals surface area contributed by atoms with Crippen molar-refractivity contribution in [2.75, 3.05) is 33.5 Å². The zero-order valence-electron chi connectivity index (χ0n) is 22.6. The molecule has 39 heavy (non-hydrogen) atoms. The molecule has 3 aromatic carbocycles. The van der Waals surface area contributed by atoms with Crippen molar-refractivity contribution in [1.82, 2.24) is 5.06 Å². The summed E-state index contributed by atoms with van der Waals surface area (Å²) < 4.78 is 22.1. The molecule has 0 atom stereocenters. The molecule has 1 saturated heterocycles. The Morgan fingerprint density at radius 1 is 1.00 bits per heavy atom. The van der Waals surface area contributed by atoms with Gasteiger partial charge >= 0.3 is 12.0 Å². The lowest BCUT2D eigenvalue weighted by Gasteiger charge is -2.30. The van der Waals surface area contributed by atoms with Gasteiger partial charge in [-0.2, -0.15) is 4.99 Å². The van der Waals surface area contributed by atoms with Crippen LogP contribution in [0.15, 0.2) is 83.5 Å². The van der Waals surface area contributed by atoms with E-state index in [1.54, 1.807) is 43.4 Å². The number of aliphatic imine (C=N–C) groups is 1. The highest BCUT2D eigenvalue weighted by Gasteiger charge is 2.23. The van der Waals surface area contributed by atoms with Crippen molar-refractivity contribution >= 4 is 23.8 Å². The number of carbonyl (C=O) groups excluding carboxylic acids is 1. The molecule has 1 aliphatic heterocycles. The molecule has 0 radical (unpaired) electrons. The number of esters is 1. The van der Waals surface area contributed by atoms with Crippen LogP contribution in [0, 0.1) is 0 Å². The molecule has 8 heteroatoms. The molecule has 1 heterocycles. The lowest BCUT2D eigenvalue weighted by molar-refractivity contribution is -0.133. The largest absolute Gasteiger partial charge is 0.497 e. The fourth-order valence-corrected chi connectivity index (χ4v) is 3.96. The third-order valence-corrected chi connectivity index (χ3v) is 5.88. The van der Waals surface area contributed by atoms with Gasteiger partial charge in [0.25, 0.3) is 0 Å². The summed E-state index contributed by atoms with van der Waals surface area (Å²) in [7, 11) is 1.63. The van der Waals surface area contributed by atoms with E-state index in [0.717, 1.165) is 29.9 Å². The van der Waals surface area contributed by atoms with Gasteiger partial charge in [0.1, 0.15) is 23.9 Å². The number of aryl methyl sites for hydroxylation is 1. The first-order valence-electron chi connectivity index (χ1n) is 13.1. The molecular formula is C31H34N2O6. The van der Waals surface area contributed by atoms with Crippen molar-refractivity contribution < 1.29 is 28.6 Å². The van der Waals surface area contributed by atoms with Gasteiger partial charge < -0.3 is 18.9 Å². The van der Waals surface area contributed by atoms with Gasteiger partial charge in [-0.25, -0.2) is 9.86 Å². The molecule has 0 aliphatic carbocycles. The van der Waals surface area contributed by atoms with Crippen LogP contribution in [0.5, 0.6) is 11.5 Å². The normalized spacial score (nSPS) is 15.2. The molecule has 1 fully saturated rings. The summed E-state index contributed by atoms with van der Waals surface area (Å²) in [5.41, 5.74) is 3.13. The summed E-state index contributed by atoms with van der Waals surface area (Å²) in [5.74, 6) is 1.86. The molecule has 8 nitrogen and oxygen atoms in total. The Balaban J connectivity index is 1.51. The van der Waals surface area contributed by atoms with Crippen LogP contribution in [0.4, 0.5) is 5.69 Å². The fraction of sp³-hybridized carbons (Fsp3) is 0.290. The van der Waals surface area contributed by atoms with Crippen LogP contribution in [-0.2, 0) is 20.7 Å². The number of hydrogen-bond acceptors (Lipinski definition) is 7. The van der Waals surface area contributed by atoms with Crippen molar-refractivity contribution in [2.45, 2.75) is 26.7 Å². The molecule has 0 unspecified atom stereocenters. The van der Waals surface area contributed by atoms with E-state index in [2.05, 4.69) is 17.1 Å². The number of methoxy groups -OCH3 is 1. The molecular weight excluding hydrogens is 496 g/mol. The molecule has 0 bridgehead atoms. The molecule has 1 aliphatic rings. The fourth-order valence-electron chi connectivity index (χ4n) is 3.96. The van der Waals surface area contributed by atoms with Crippen LogP contribution in [0.1, 0.15) is 41.8 Å². The van der Waals surface area contributed by atoms with Gasteiger partial charge in [0, 0.05) is 0 Å². The molecule has 0 amide bonds. The maximum Gasteiger partial charge on any atom is 0.338 e. The highest BCUT2D eigenvalue weighted by Crippen LogP contribution is 2.23. The number of carbonyl (C=O) groups is 1. The second-order valence-electron chi connectivity index (χ2n) is 8.71. The molecule has 204 valence electrons. The van der Waals surface area contributed by atoms with Crippen LogP contribution >= 0.6 is 0 Å². The second kappa shape index (κ2) is 14.0. The van der Waals surface area contributed by atoms with E-state index < -0.39 is 5.97 Å². The number of amidine groups is 1. The Hall–Kier alpha value is -4.30. The van der Waals surface area contributed by atoms with E-state index in [0.29, 0.717) is 42.8 Å². The average Bonchev–Trinajstić information content (AvgIpc) is 2.96. The van der Waals surface area contributed by atoms with E-state index in [1.807, 2.05) is 49.4 Å². The molecule has 0 saturated carbocycles. The van der Waals surface area contributed by atoms with Gasteiger partial charge in [-0.3, -0.25) is 4.84 Å². The highest BCUT2D eigenvalue weighted by molar-refractivity contribution is 5.90. The third-order valence-electron chi connectivity index (χ3n) is 5.88. The summed E-state index contributed by atoms with van der Waals surface area (Å²) >= 11 is 0. The Bertz CT molecular complexity index is 1290. The van der Waals surface area contributed by atoms with Crippen molar-refractivity contribution in [2.24, 2.45) is 4.99 Å². The van der Waals surface area contributed by atoms with Crippen LogP contribution in [0.25, 0.3) is 6.08 Å². The smallest absolute Gasteiger partial charge is 0.338 e. The summed E-state index contributed by atoms with van der Waals surface area (Å²) in [5, 5.41) is 1.66. The maximum absolute atomic E-state index is 12.2. The van der Waals surface area contributed by atoms with Crippen molar-refractivity contribution in [3.63, 3.8) is 0 Å². The van der Waals surface area contributed by atoms with Crippen LogP contribution in [0.3, 0.4) is 0 Å². The van der Waals surface area contributed by atoms with Gasteiger partial charge in [-0.15, -0.1) is 0 Å². The van der Waals surface area contributed by atoms with Crippen LogP contribution in [-0.4, -0.2) is 50.5 Å². The Morgan fingerprint density at radius 3 is 2.49 bits per heavy atom. The maximum atomic E-state index is 12.2. The summed E-state index contributed by atoms with van der Waals surface area (Å²) in [6.07, 6.45) is 3.57. The second-order valence-corrected chi connectivity index (χ2v) is 8.71. The van der Waals surface area contributed by atoms with Gasteiger partial charge in [0.2, 0.25) is 0 Å². The molecule has 0 spiro atoms. The number of hydrogen-bond donors (Lipinski definition) is 0. The van der Waals surface area contributed by atoms with E-state index in [-0.39, 0.29) is 6.61 Å². The van der Waals surface area contributed by atoms with E-state index in [9.17, 15) is 4.79 Å². The third kappa shape index (κ3) is 8.09. The van der Waals surface area contributed by atoms with Crippen LogP contribution < -0.4 is 9.47 Å². The first kappa shape index (κ1) is 27.7. The summed E-state index contributed by atoms with van der Waals surface area (Å²) in [6.45, 7) is 5.52. The molecule has 0 aromatic heterocycles. The molecule has 3 aromatic rings. The lowest BCUT2D eigenvalue weighted by Crippen LogP contribution is -2.39. The Kier molecular flexibility index (Phi) is 9.97. The topological polar surface area (TPSA) is 78.8 Å². The minimum Gasteiger partial charge on any atom is -0.497 e. The van der Waals surface area contributed by atoms with Gasteiger partial charge in [-0.1, -0.05) is 30.3 Å². The van der Waals surface area contributed by atoms with Crippen molar-refractivity contribution in [1.29, 1.82) is 0 Å². The number of nitrogens with zero attached hydrogens (tertiary/aromatic N) is 2. The lowest BCUT2D eigenvalue weighted by atomic mass is 10.1. The molecule has 0 N–H and O–H groups in total. The minimum absolute atomic E-state index is 0.261. The minimum atomic E-state index is -0.396. The SMILES string of the molecule is CCOC(=O)c1cccc(N=C2O/C(=C/c3ccc(OC)cc3)CON2CCCc2ccc(OCC)cc2)c1. The van der Waals surface area contributed by atoms with Gasteiger partial charge in [0.15, 0.2) is 0 Å². The first-order valence-corrected chi connectivity index (χ1v) is 13.1. The zero-order chi connectivity index (χ0) is 27.5. The van der Waals surface area contributed by atoms with Gasteiger partial charge in [-0.05, 0) is 86.4 Å². The summed E-state index contributed by atoms with van der Waals surface area (Å²) in [4.78, 5) is 23.0. The Labute approximate surface area is 229 Å². The number of hydroxylamine groups is 2. The standard InChI is InChI=1S/C31H34N2O6/c1-4-36-28-17-11-23(12-18-28)8-7-19-33-31(32-26-10-6-9-25(21-26)30(34)37-5-2)39-29(22-38-33)20-24-13-15-27(35-3)16-14-24/h6,9-18,20-21H,4-5,7-8,19,22H2,1-3H3/b29-20+,32-31?. The predicted octanol–water partition coefficient (Wildman–Crippen LogP) is 6.20. The Morgan fingerprint density at radius 2 is 1.77 bits per heavy atom. The monoisotopic (exact) mass is 530 g/mol. The average molecular weight is 531 g/mol. The quantitative estimate of drug-likeness (QED) is 0.273. The van der Waals surface area contributed by atoms with E-state index >= 15 is 0 Å². The van der Waals surface area contributed by atoms with Crippen LogP contribution in [0.2, 0.25) is 0 Å². The van der Waals surface area contributed by atoms with Crippen molar-refractivity contribution in [3.05, 3.63) is 95.2 Å². The van der Waals surface area contributed by atoms with E-state index in [4.69, 9.17) is 23.8 Å². The molecule has 4 rings (SSSR count). The highest BCUT2D eigenvalue weighted by atomic mass is 16.7. The summed E-state index contributed by atoms with van der Waals surface area (Å²) in [6, 6.07) is 23.0. The van der Waals surface area contributed by atoms with Gasteiger partial charge in [0.05, 0.1) is 38.1 Å². The number of ether oxygens (including phenoxy) is 4. The first-order chi connectivity index (χ1) is 19.1. The number of benzene rings is 3. The number of rotatable bonds is 11. The zero-order valence-corrected chi connectivity index (χ0v) is 22.6. The van der Waals surface area contributed by atoms with Crippen molar-refractivity contribution in [3.8, 4) is 11.5 Å². The predicted molar refractivity (Wildman–Crippen MR) is 150 cm³/mol.